The number of benzene rings is 1. The van der Waals surface area contributed by atoms with Crippen molar-refractivity contribution in [1.29, 1.82) is 0 Å². The van der Waals surface area contributed by atoms with Gasteiger partial charge in [0.2, 0.25) is 0 Å². The molecule has 0 spiro atoms. The highest BCUT2D eigenvalue weighted by Gasteiger charge is 2.15. The van der Waals surface area contributed by atoms with Gasteiger partial charge in [0.25, 0.3) is 0 Å². The maximum atomic E-state index is 6.15. The maximum Gasteiger partial charge on any atom is 0.131 e. The van der Waals surface area contributed by atoms with Gasteiger partial charge in [-0.25, -0.2) is 4.98 Å². The van der Waals surface area contributed by atoms with Crippen LogP contribution in [0.15, 0.2) is 24.5 Å². The van der Waals surface area contributed by atoms with E-state index in [0.29, 0.717) is 11.9 Å². The second-order valence-corrected chi connectivity index (χ2v) is 4.68. The second-order valence-electron chi connectivity index (χ2n) is 4.68. The van der Waals surface area contributed by atoms with Gasteiger partial charge in [0, 0.05) is 11.6 Å². The number of aryl methyl sites for hydroxylation is 1. The minimum atomic E-state index is 0.294. The van der Waals surface area contributed by atoms with Crippen molar-refractivity contribution in [3.8, 4) is 17.0 Å². The molecule has 1 aromatic heterocycles. The summed E-state index contributed by atoms with van der Waals surface area (Å²) < 4.78 is 7.33. The molecular weight excluding hydrogens is 226 g/mol. The van der Waals surface area contributed by atoms with E-state index in [2.05, 4.69) is 18.8 Å². The predicted octanol–water partition coefficient (Wildman–Crippen LogP) is 3.03. The third kappa shape index (κ3) is 2.06. The van der Waals surface area contributed by atoms with Crippen LogP contribution in [-0.2, 0) is 0 Å². The molecule has 2 N–H and O–H groups in total. The standard InChI is InChI=1S/C14H19N3O/c1-9(2)17-8-16-13(14(17)15)11-7-10(3)5-6-12(11)18-4/h5-9H,15H2,1-4H3. The molecular formula is C14H19N3O. The Balaban J connectivity index is 2.58. The molecule has 18 heavy (non-hydrogen) atoms. The van der Waals surface area contributed by atoms with Crippen molar-refractivity contribution in [2.24, 2.45) is 0 Å². The fraction of sp³-hybridized carbons (Fsp3) is 0.357. The fourth-order valence-corrected chi connectivity index (χ4v) is 2.00. The van der Waals surface area contributed by atoms with Crippen LogP contribution in [0.2, 0.25) is 0 Å². The lowest BCUT2D eigenvalue weighted by Crippen LogP contribution is -2.04. The van der Waals surface area contributed by atoms with Gasteiger partial charge >= 0.3 is 0 Å². The van der Waals surface area contributed by atoms with Crippen molar-refractivity contribution in [2.45, 2.75) is 26.8 Å². The Morgan fingerprint density at radius 3 is 2.61 bits per heavy atom. The van der Waals surface area contributed by atoms with Gasteiger partial charge in [0.1, 0.15) is 17.3 Å². The number of aromatic nitrogens is 2. The summed E-state index contributed by atoms with van der Waals surface area (Å²) in [5.41, 5.74) is 9.03. The van der Waals surface area contributed by atoms with Gasteiger partial charge in [0.05, 0.1) is 13.4 Å². The predicted molar refractivity (Wildman–Crippen MR) is 73.7 cm³/mol. The van der Waals surface area contributed by atoms with Gasteiger partial charge in [-0.1, -0.05) is 11.6 Å². The highest BCUT2D eigenvalue weighted by atomic mass is 16.5. The van der Waals surface area contributed by atoms with Crippen molar-refractivity contribution in [3.63, 3.8) is 0 Å². The first-order valence-corrected chi connectivity index (χ1v) is 6.02. The van der Waals surface area contributed by atoms with E-state index in [0.717, 1.165) is 22.6 Å². The molecule has 0 fully saturated rings. The molecule has 0 amide bonds. The number of hydrogen-bond acceptors (Lipinski definition) is 3. The third-order valence-electron chi connectivity index (χ3n) is 3.00. The summed E-state index contributed by atoms with van der Waals surface area (Å²) in [6.45, 7) is 6.20. The molecule has 1 aromatic carbocycles. The van der Waals surface area contributed by atoms with E-state index in [9.17, 15) is 0 Å². The summed E-state index contributed by atoms with van der Waals surface area (Å²) in [5.74, 6) is 1.47. The van der Waals surface area contributed by atoms with Crippen molar-refractivity contribution in [2.75, 3.05) is 12.8 Å². The van der Waals surface area contributed by atoms with Crippen LogP contribution in [0.1, 0.15) is 25.5 Å². The number of anilines is 1. The Morgan fingerprint density at radius 2 is 2.06 bits per heavy atom. The first-order valence-electron chi connectivity index (χ1n) is 6.02. The molecule has 4 heteroatoms. The van der Waals surface area contributed by atoms with Gasteiger partial charge in [-0.2, -0.15) is 0 Å². The van der Waals surface area contributed by atoms with Crippen LogP contribution in [0, 0.1) is 6.92 Å². The van der Waals surface area contributed by atoms with Crippen molar-refractivity contribution < 1.29 is 4.74 Å². The summed E-state index contributed by atoms with van der Waals surface area (Å²) in [6, 6.07) is 6.29. The first kappa shape index (κ1) is 12.5. The molecule has 0 saturated carbocycles. The van der Waals surface area contributed by atoms with Crippen molar-refractivity contribution >= 4 is 5.82 Å². The molecule has 2 aromatic rings. The van der Waals surface area contributed by atoms with Crippen LogP contribution < -0.4 is 10.5 Å². The average Bonchev–Trinajstić information content (AvgIpc) is 2.71. The topological polar surface area (TPSA) is 53.1 Å². The van der Waals surface area contributed by atoms with Crippen LogP contribution in [0.25, 0.3) is 11.3 Å². The molecule has 0 aliphatic rings. The first-order chi connectivity index (χ1) is 8.54. The van der Waals surface area contributed by atoms with E-state index in [1.807, 2.05) is 29.7 Å². The maximum absolute atomic E-state index is 6.15. The summed E-state index contributed by atoms with van der Waals surface area (Å²) in [5, 5.41) is 0. The van der Waals surface area contributed by atoms with E-state index < -0.39 is 0 Å². The number of rotatable bonds is 3. The Hall–Kier alpha value is -1.97. The van der Waals surface area contributed by atoms with Crippen LogP contribution in [0.5, 0.6) is 5.75 Å². The molecule has 2 rings (SSSR count). The van der Waals surface area contributed by atoms with E-state index in [1.165, 1.54) is 0 Å². The Bertz CT molecular complexity index is 558. The van der Waals surface area contributed by atoms with E-state index in [1.54, 1.807) is 13.4 Å². The van der Waals surface area contributed by atoms with E-state index in [4.69, 9.17) is 10.5 Å². The van der Waals surface area contributed by atoms with Crippen LogP contribution in [0.3, 0.4) is 0 Å². The minimum absolute atomic E-state index is 0.294. The molecule has 0 saturated heterocycles. The van der Waals surface area contributed by atoms with E-state index in [-0.39, 0.29) is 0 Å². The largest absolute Gasteiger partial charge is 0.496 e. The molecule has 1 heterocycles. The summed E-state index contributed by atoms with van der Waals surface area (Å²) >= 11 is 0. The highest BCUT2D eigenvalue weighted by molar-refractivity contribution is 5.76. The lowest BCUT2D eigenvalue weighted by molar-refractivity contribution is 0.416. The number of nitrogens with zero attached hydrogens (tertiary/aromatic N) is 2. The van der Waals surface area contributed by atoms with Crippen LogP contribution in [0.4, 0.5) is 5.82 Å². The number of imidazole rings is 1. The lowest BCUT2D eigenvalue weighted by atomic mass is 10.1. The zero-order chi connectivity index (χ0) is 13.3. The molecule has 0 atom stereocenters. The van der Waals surface area contributed by atoms with Gasteiger partial charge in [-0.3, -0.25) is 0 Å². The van der Waals surface area contributed by atoms with Crippen LogP contribution >= 0.6 is 0 Å². The summed E-state index contributed by atoms with van der Waals surface area (Å²) in [4.78, 5) is 4.41. The van der Waals surface area contributed by atoms with Crippen molar-refractivity contribution in [1.82, 2.24) is 9.55 Å². The Labute approximate surface area is 107 Å². The average molecular weight is 245 g/mol. The molecule has 0 bridgehead atoms. The lowest BCUT2D eigenvalue weighted by Gasteiger charge is -2.11. The highest BCUT2D eigenvalue weighted by Crippen LogP contribution is 2.34. The number of hydrogen-bond donors (Lipinski definition) is 1. The minimum Gasteiger partial charge on any atom is -0.496 e. The van der Waals surface area contributed by atoms with E-state index >= 15 is 0 Å². The summed E-state index contributed by atoms with van der Waals surface area (Å²) in [6.07, 6.45) is 1.77. The monoisotopic (exact) mass is 245 g/mol. The zero-order valence-corrected chi connectivity index (χ0v) is 11.3. The zero-order valence-electron chi connectivity index (χ0n) is 11.3. The molecule has 0 aliphatic carbocycles. The van der Waals surface area contributed by atoms with Gasteiger partial charge < -0.3 is 15.0 Å². The fourth-order valence-electron chi connectivity index (χ4n) is 2.00. The number of nitrogen functional groups attached to an aromatic ring is 1. The van der Waals surface area contributed by atoms with Crippen LogP contribution in [-0.4, -0.2) is 16.7 Å². The SMILES string of the molecule is COc1ccc(C)cc1-c1ncn(C(C)C)c1N. The normalized spacial score (nSPS) is 10.9. The molecule has 0 aliphatic heterocycles. The second kappa shape index (κ2) is 4.72. The number of nitrogens with two attached hydrogens (primary N) is 1. The molecule has 96 valence electrons. The van der Waals surface area contributed by atoms with Crippen molar-refractivity contribution in [3.05, 3.63) is 30.1 Å². The quantitative estimate of drug-likeness (QED) is 0.904. The molecule has 4 nitrogen and oxygen atoms in total. The molecule has 0 radical (unpaired) electrons. The Morgan fingerprint density at radius 1 is 1.33 bits per heavy atom. The summed E-state index contributed by atoms with van der Waals surface area (Å²) in [7, 11) is 1.66. The Kier molecular flexibility index (Phi) is 3.28. The number of methoxy groups -OCH3 is 1. The molecule has 0 unspecified atom stereocenters. The third-order valence-corrected chi connectivity index (χ3v) is 3.00. The van der Waals surface area contributed by atoms with Gasteiger partial charge in [-0.15, -0.1) is 0 Å². The van der Waals surface area contributed by atoms with Gasteiger partial charge in [-0.05, 0) is 32.9 Å². The smallest absolute Gasteiger partial charge is 0.131 e. The number of ether oxygens (including phenoxy) is 1. The van der Waals surface area contributed by atoms with Gasteiger partial charge in [0.15, 0.2) is 0 Å².